The van der Waals surface area contributed by atoms with E-state index in [4.69, 9.17) is 0 Å². The Morgan fingerprint density at radius 1 is 1.35 bits per heavy atom. The molecule has 0 aromatic heterocycles. The Morgan fingerprint density at radius 3 is 2.85 bits per heavy atom. The van der Waals surface area contributed by atoms with E-state index in [9.17, 15) is 15.0 Å². The highest BCUT2D eigenvalue weighted by Crippen LogP contribution is 2.21. The quantitative estimate of drug-likeness (QED) is 0.683. The minimum atomic E-state index is -0.375. The zero-order chi connectivity index (χ0) is 14.7. The summed E-state index contributed by atoms with van der Waals surface area (Å²) in [5.41, 5.74) is 0.0943. The average Bonchev–Trinajstić information content (AvgIpc) is 2.42. The van der Waals surface area contributed by atoms with Crippen LogP contribution in [0, 0.1) is 0 Å². The fraction of sp³-hybridized carbons (Fsp3) is 0.500. The molecule has 1 amide bonds. The van der Waals surface area contributed by atoms with E-state index in [1.165, 1.54) is 18.2 Å². The highest BCUT2D eigenvalue weighted by atomic mass is 16.3. The van der Waals surface area contributed by atoms with Crippen molar-refractivity contribution in [3.63, 3.8) is 0 Å². The van der Waals surface area contributed by atoms with Crippen LogP contribution >= 0.6 is 0 Å². The van der Waals surface area contributed by atoms with Gasteiger partial charge in [0.1, 0.15) is 11.5 Å². The van der Waals surface area contributed by atoms with E-state index in [-0.39, 0.29) is 29.0 Å². The lowest BCUT2D eigenvalue weighted by molar-refractivity contribution is 0.0878. The molecule has 3 N–H and O–H groups in total. The van der Waals surface area contributed by atoms with Gasteiger partial charge in [-0.25, -0.2) is 0 Å². The van der Waals surface area contributed by atoms with Gasteiger partial charge >= 0.3 is 0 Å². The molecule has 1 aliphatic heterocycles. The van der Waals surface area contributed by atoms with Crippen molar-refractivity contribution in [2.24, 2.45) is 0 Å². The van der Waals surface area contributed by atoms with Crippen LogP contribution in [-0.2, 0) is 0 Å². The molecule has 0 aliphatic carbocycles. The van der Waals surface area contributed by atoms with Crippen LogP contribution in [0.15, 0.2) is 18.2 Å². The Balaban J connectivity index is 1.96. The molecule has 1 saturated heterocycles. The van der Waals surface area contributed by atoms with Gasteiger partial charge in [0.05, 0.1) is 5.56 Å². The Labute approximate surface area is 118 Å². The van der Waals surface area contributed by atoms with Crippen LogP contribution in [0.4, 0.5) is 0 Å². The lowest BCUT2D eigenvalue weighted by Crippen LogP contribution is -2.54. The van der Waals surface area contributed by atoms with Crippen molar-refractivity contribution < 1.29 is 15.0 Å². The molecule has 6 heteroatoms. The third kappa shape index (κ3) is 3.40. The summed E-state index contributed by atoms with van der Waals surface area (Å²) in [7, 11) is 4.10. The van der Waals surface area contributed by atoms with E-state index in [2.05, 4.69) is 22.2 Å². The second kappa shape index (κ2) is 6.11. The first-order valence-corrected chi connectivity index (χ1v) is 6.66. The van der Waals surface area contributed by atoms with Crippen LogP contribution in [0.3, 0.4) is 0 Å². The van der Waals surface area contributed by atoms with Gasteiger partial charge in [-0.15, -0.1) is 0 Å². The maximum atomic E-state index is 12.0. The molecule has 1 heterocycles. The molecular weight excluding hydrogens is 258 g/mol. The number of nitrogens with one attached hydrogen (secondary N) is 1. The van der Waals surface area contributed by atoms with Gasteiger partial charge in [-0.2, -0.15) is 0 Å². The van der Waals surface area contributed by atoms with Crippen LogP contribution in [0.2, 0.25) is 0 Å². The van der Waals surface area contributed by atoms with Gasteiger partial charge in [-0.1, -0.05) is 0 Å². The van der Waals surface area contributed by atoms with E-state index in [1.807, 2.05) is 7.05 Å². The first-order valence-electron chi connectivity index (χ1n) is 6.66. The molecule has 110 valence electrons. The van der Waals surface area contributed by atoms with Crippen molar-refractivity contribution >= 4 is 5.91 Å². The van der Waals surface area contributed by atoms with Crippen LogP contribution in [0.25, 0.3) is 0 Å². The molecule has 2 rings (SSSR count). The topological polar surface area (TPSA) is 76.0 Å². The highest BCUT2D eigenvalue weighted by Gasteiger charge is 2.23. The fourth-order valence-electron chi connectivity index (χ4n) is 2.33. The molecule has 0 bridgehead atoms. The minimum Gasteiger partial charge on any atom is -0.508 e. The predicted octanol–water partition coefficient (Wildman–Crippen LogP) is 0.0734. The zero-order valence-corrected chi connectivity index (χ0v) is 11.8. The number of carbonyl (C=O) groups is 1. The largest absolute Gasteiger partial charge is 0.508 e. The van der Waals surface area contributed by atoms with Gasteiger partial charge in [0, 0.05) is 32.2 Å². The van der Waals surface area contributed by atoms with Crippen molar-refractivity contribution in [3.8, 4) is 11.5 Å². The number of phenolic OH excluding ortho intramolecular Hbond substituents is 2. The number of amides is 1. The first kappa shape index (κ1) is 14.6. The van der Waals surface area contributed by atoms with E-state index >= 15 is 0 Å². The summed E-state index contributed by atoms with van der Waals surface area (Å²) >= 11 is 0. The Morgan fingerprint density at radius 2 is 2.10 bits per heavy atom. The smallest absolute Gasteiger partial charge is 0.255 e. The van der Waals surface area contributed by atoms with Crippen LogP contribution in [0.5, 0.6) is 11.5 Å². The molecule has 1 aromatic rings. The Kier molecular flexibility index (Phi) is 4.46. The molecule has 0 saturated carbocycles. The molecule has 6 nitrogen and oxygen atoms in total. The van der Waals surface area contributed by atoms with Crippen molar-refractivity contribution in [3.05, 3.63) is 23.8 Å². The van der Waals surface area contributed by atoms with Crippen LogP contribution in [0.1, 0.15) is 10.4 Å². The summed E-state index contributed by atoms with van der Waals surface area (Å²) in [6.45, 7) is 3.39. The summed E-state index contributed by atoms with van der Waals surface area (Å²) in [6.07, 6.45) is 0. The summed E-state index contributed by atoms with van der Waals surface area (Å²) in [5.74, 6) is -0.545. The number of phenols is 2. The summed E-state index contributed by atoms with van der Waals surface area (Å²) in [6, 6.07) is 4.17. The van der Waals surface area contributed by atoms with E-state index in [0.29, 0.717) is 6.54 Å². The SMILES string of the molecule is CN1CCN(C)C(CNC(=O)c2cc(O)ccc2O)C1. The third-order valence-electron chi connectivity index (χ3n) is 3.70. The van der Waals surface area contributed by atoms with Gasteiger partial charge in [0.15, 0.2) is 0 Å². The maximum Gasteiger partial charge on any atom is 0.255 e. The molecular formula is C14H21N3O3. The van der Waals surface area contributed by atoms with Crippen molar-refractivity contribution in [2.45, 2.75) is 6.04 Å². The second-order valence-electron chi connectivity index (χ2n) is 5.31. The monoisotopic (exact) mass is 279 g/mol. The van der Waals surface area contributed by atoms with Crippen molar-refractivity contribution in [1.29, 1.82) is 0 Å². The number of hydrogen-bond donors (Lipinski definition) is 3. The molecule has 0 spiro atoms. The summed E-state index contributed by atoms with van der Waals surface area (Å²) < 4.78 is 0. The maximum absolute atomic E-state index is 12.0. The number of hydrogen-bond acceptors (Lipinski definition) is 5. The van der Waals surface area contributed by atoms with Gasteiger partial charge in [-0.05, 0) is 32.3 Å². The highest BCUT2D eigenvalue weighted by molar-refractivity contribution is 5.97. The van der Waals surface area contributed by atoms with Gasteiger partial charge in [0.25, 0.3) is 5.91 Å². The third-order valence-corrected chi connectivity index (χ3v) is 3.70. The fourth-order valence-corrected chi connectivity index (χ4v) is 2.33. The first-order chi connectivity index (χ1) is 9.47. The number of piperazine rings is 1. The number of benzene rings is 1. The molecule has 1 unspecified atom stereocenters. The number of likely N-dealkylation sites (N-methyl/N-ethyl adjacent to an activating group) is 2. The van der Waals surface area contributed by atoms with Crippen LogP contribution in [-0.4, -0.2) is 72.2 Å². The van der Waals surface area contributed by atoms with Crippen LogP contribution < -0.4 is 5.32 Å². The lowest BCUT2D eigenvalue weighted by Gasteiger charge is -2.37. The molecule has 1 aromatic carbocycles. The van der Waals surface area contributed by atoms with Gasteiger partial charge in [0.2, 0.25) is 0 Å². The number of nitrogens with zero attached hydrogens (tertiary/aromatic N) is 2. The number of aromatic hydroxyl groups is 2. The predicted molar refractivity (Wildman–Crippen MR) is 76.0 cm³/mol. The van der Waals surface area contributed by atoms with Gasteiger partial charge in [-0.3, -0.25) is 9.69 Å². The zero-order valence-electron chi connectivity index (χ0n) is 11.8. The molecule has 0 radical (unpaired) electrons. The molecule has 1 atom stereocenters. The standard InChI is InChI=1S/C14H21N3O3/c1-16-5-6-17(2)10(9-16)8-15-14(20)12-7-11(18)3-4-13(12)19/h3-4,7,10,18-19H,5-6,8-9H2,1-2H3,(H,15,20). The molecule has 1 aliphatic rings. The lowest BCUT2D eigenvalue weighted by atomic mass is 10.1. The Hall–Kier alpha value is -1.79. The van der Waals surface area contributed by atoms with Crippen molar-refractivity contribution in [1.82, 2.24) is 15.1 Å². The minimum absolute atomic E-state index is 0.0394. The molecule has 20 heavy (non-hydrogen) atoms. The second-order valence-corrected chi connectivity index (χ2v) is 5.31. The van der Waals surface area contributed by atoms with E-state index in [1.54, 1.807) is 0 Å². The van der Waals surface area contributed by atoms with E-state index in [0.717, 1.165) is 19.6 Å². The normalized spacial score (nSPS) is 20.8. The van der Waals surface area contributed by atoms with E-state index < -0.39 is 0 Å². The number of carbonyl (C=O) groups excluding carboxylic acids is 1. The Bertz CT molecular complexity index is 493. The number of rotatable bonds is 3. The molecule has 1 fully saturated rings. The van der Waals surface area contributed by atoms with Gasteiger partial charge < -0.3 is 20.4 Å². The summed E-state index contributed by atoms with van der Waals surface area (Å²) in [4.78, 5) is 16.5. The average molecular weight is 279 g/mol. The van der Waals surface area contributed by atoms with Crippen molar-refractivity contribution in [2.75, 3.05) is 40.3 Å². The summed E-state index contributed by atoms with van der Waals surface area (Å²) in [5, 5.41) is 21.8.